The Balaban J connectivity index is 2.20. The predicted molar refractivity (Wildman–Crippen MR) is 74.5 cm³/mol. The summed E-state index contributed by atoms with van der Waals surface area (Å²) in [4.78, 5) is 2.50. The largest absolute Gasteiger partial charge is 0.383 e. The summed E-state index contributed by atoms with van der Waals surface area (Å²) >= 11 is 0. The lowest BCUT2D eigenvalue weighted by atomic mass is 9.90. The van der Waals surface area contributed by atoms with Crippen LogP contribution in [-0.4, -0.2) is 37.2 Å². The van der Waals surface area contributed by atoms with Gasteiger partial charge in [-0.3, -0.25) is 4.90 Å². The summed E-state index contributed by atoms with van der Waals surface area (Å²) < 4.78 is 5.41. The molecule has 1 aliphatic rings. The molecule has 1 aromatic carbocycles. The van der Waals surface area contributed by atoms with E-state index >= 15 is 0 Å². The van der Waals surface area contributed by atoms with E-state index in [-0.39, 0.29) is 5.54 Å². The standard InChI is InChI=1S/C15H24N2O/c1-3-15(11-16,12-18-2)17-9-8-13-6-4-5-7-14(13)10-17/h4-7H,3,8-12,16H2,1-2H3. The number of ether oxygens (including phenoxy) is 1. The first-order valence-corrected chi connectivity index (χ1v) is 6.76. The molecule has 0 radical (unpaired) electrons. The van der Waals surface area contributed by atoms with Crippen LogP contribution in [-0.2, 0) is 17.7 Å². The molecule has 0 bridgehead atoms. The Morgan fingerprint density at radius 2 is 2.06 bits per heavy atom. The summed E-state index contributed by atoms with van der Waals surface area (Å²) in [6.45, 7) is 5.63. The molecule has 1 unspecified atom stereocenters. The Hall–Kier alpha value is -0.900. The molecule has 1 heterocycles. The minimum absolute atomic E-state index is 0.0116. The van der Waals surface area contributed by atoms with Crippen molar-refractivity contribution in [3.63, 3.8) is 0 Å². The van der Waals surface area contributed by atoms with Crippen molar-refractivity contribution in [3.05, 3.63) is 35.4 Å². The van der Waals surface area contributed by atoms with Crippen LogP contribution in [0.15, 0.2) is 24.3 Å². The molecule has 2 N–H and O–H groups in total. The van der Waals surface area contributed by atoms with Crippen molar-refractivity contribution in [2.24, 2.45) is 5.73 Å². The topological polar surface area (TPSA) is 38.5 Å². The monoisotopic (exact) mass is 248 g/mol. The van der Waals surface area contributed by atoms with Gasteiger partial charge in [-0.15, -0.1) is 0 Å². The number of nitrogens with two attached hydrogens (primary N) is 1. The van der Waals surface area contributed by atoms with Crippen LogP contribution in [0.25, 0.3) is 0 Å². The van der Waals surface area contributed by atoms with Crippen molar-refractivity contribution in [2.45, 2.75) is 31.8 Å². The first-order chi connectivity index (χ1) is 8.75. The minimum atomic E-state index is -0.0116. The smallest absolute Gasteiger partial charge is 0.0659 e. The lowest BCUT2D eigenvalue weighted by Gasteiger charge is -2.44. The summed E-state index contributed by atoms with van der Waals surface area (Å²) in [5.74, 6) is 0. The van der Waals surface area contributed by atoms with Gasteiger partial charge in [0.05, 0.1) is 12.1 Å². The molecular formula is C15H24N2O. The first-order valence-electron chi connectivity index (χ1n) is 6.76. The predicted octanol–water partition coefficient (Wildman–Crippen LogP) is 1.80. The molecule has 0 aliphatic carbocycles. The maximum absolute atomic E-state index is 6.03. The lowest BCUT2D eigenvalue weighted by molar-refractivity contribution is 0.00319. The van der Waals surface area contributed by atoms with E-state index in [4.69, 9.17) is 10.5 Å². The zero-order chi connectivity index (χ0) is 13.0. The van der Waals surface area contributed by atoms with Crippen LogP contribution in [0.1, 0.15) is 24.5 Å². The molecule has 2 rings (SSSR count). The van der Waals surface area contributed by atoms with E-state index < -0.39 is 0 Å². The van der Waals surface area contributed by atoms with E-state index in [1.165, 1.54) is 11.1 Å². The number of nitrogens with zero attached hydrogens (tertiary/aromatic N) is 1. The van der Waals surface area contributed by atoms with Gasteiger partial charge in [-0.2, -0.15) is 0 Å². The van der Waals surface area contributed by atoms with Crippen LogP contribution in [0.2, 0.25) is 0 Å². The van der Waals surface area contributed by atoms with Crippen LogP contribution >= 0.6 is 0 Å². The quantitative estimate of drug-likeness (QED) is 0.863. The highest BCUT2D eigenvalue weighted by atomic mass is 16.5. The molecule has 3 nitrogen and oxygen atoms in total. The molecule has 0 spiro atoms. The van der Waals surface area contributed by atoms with E-state index in [1.54, 1.807) is 7.11 Å². The highest BCUT2D eigenvalue weighted by Crippen LogP contribution is 2.27. The molecule has 1 aromatic rings. The Labute approximate surface area is 110 Å². The van der Waals surface area contributed by atoms with Gasteiger partial charge >= 0.3 is 0 Å². The fraction of sp³-hybridized carbons (Fsp3) is 0.600. The van der Waals surface area contributed by atoms with Gasteiger partial charge in [-0.1, -0.05) is 31.2 Å². The highest BCUT2D eigenvalue weighted by molar-refractivity contribution is 5.29. The number of hydrogen-bond acceptors (Lipinski definition) is 3. The summed E-state index contributed by atoms with van der Waals surface area (Å²) in [5, 5.41) is 0. The second-order valence-electron chi connectivity index (χ2n) is 5.16. The Kier molecular flexibility index (Phi) is 4.38. The van der Waals surface area contributed by atoms with Gasteiger partial charge in [0.1, 0.15) is 0 Å². The number of benzene rings is 1. The third-order valence-corrected chi connectivity index (χ3v) is 4.25. The van der Waals surface area contributed by atoms with Crippen molar-refractivity contribution in [2.75, 3.05) is 26.8 Å². The maximum atomic E-state index is 6.03. The van der Waals surface area contributed by atoms with Crippen molar-refractivity contribution in [1.82, 2.24) is 4.90 Å². The maximum Gasteiger partial charge on any atom is 0.0659 e. The molecule has 0 amide bonds. The van der Waals surface area contributed by atoms with Gasteiger partial charge in [-0.05, 0) is 24.0 Å². The average molecular weight is 248 g/mol. The van der Waals surface area contributed by atoms with Crippen LogP contribution < -0.4 is 5.73 Å². The number of fused-ring (bicyclic) bond motifs is 1. The number of hydrogen-bond donors (Lipinski definition) is 1. The Bertz CT molecular complexity index is 388. The van der Waals surface area contributed by atoms with Crippen LogP contribution in [0.5, 0.6) is 0 Å². The second kappa shape index (κ2) is 5.83. The molecule has 100 valence electrons. The van der Waals surface area contributed by atoms with E-state index in [1.807, 2.05) is 0 Å². The van der Waals surface area contributed by atoms with Crippen molar-refractivity contribution in [1.29, 1.82) is 0 Å². The van der Waals surface area contributed by atoms with Gasteiger partial charge in [0.15, 0.2) is 0 Å². The molecule has 18 heavy (non-hydrogen) atoms. The fourth-order valence-corrected chi connectivity index (χ4v) is 2.92. The Morgan fingerprint density at radius 3 is 2.67 bits per heavy atom. The van der Waals surface area contributed by atoms with Gasteiger partial charge in [0.25, 0.3) is 0 Å². The first kappa shape index (κ1) is 13.5. The number of methoxy groups -OCH3 is 1. The van der Waals surface area contributed by atoms with Crippen molar-refractivity contribution >= 4 is 0 Å². The highest BCUT2D eigenvalue weighted by Gasteiger charge is 2.35. The van der Waals surface area contributed by atoms with E-state index in [0.717, 1.165) is 25.9 Å². The van der Waals surface area contributed by atoms with Gasteiger partial charge in [-0.25, -0.2) is 0 Å². The summed E-state index contributed by atoms with van der Waals surface area (Å²) in [5.41, 5.74) is 8.94. The SMILES string of the molecule is CCC(CN)(COC)N1CCc2ccccc2C1. The molecule has 1 atom stereocenters. The summed E-state index contributed by atoms with van der Waals surface area (Å²) in [7, 11) is 1.76. The molecular weight excluding hydrogens is 224 g/mol. The summed E-state index contributed by atoms with van der Waals surface area (Å²) in [6, 6.07) is 8.71. The summed E-state index contributed by atoms with van der Waals surface area (Å²) in [6.07, 6.45) is 2.14. The van der Waals surface area contributed by atoms with Gasteiger partial charge in [0.2, 0.25) is 0 Å². The van der Waals surface area contributed by atoms with Crippen LogP contribution in [0.4, 0.5) is 0 Å². The molecule has 1 aliphatic heterocycles. The average Bonchev–Trinajstić information content (AvgIpc) is 2.44. The zero-order valence-corrected chi connectivity index (χ0v) is 11.5. The van der Waals surface area contributed by atoms with Gasteiger partial charge in [0, 0.05) is 26.7 Å². The molecule has 0 saturated heterocycles. The minimum Gasteiger partial charge on any atom is -0.383 e. The van der Waals surface area contributed by atoms with E-state index in [2.05, 4.69) is 36.1 Å². The van der Waals surface area contributed by atoms with Crippen LogP contribution in [0.3, 0.4) is 0 Å². The molecule has 0 aromatic heterocycles. The van der Waals surface area contributed by atoms with Crippen molar-refractivity contribution in [3.8, 4) is 0 Å². The normalized spacial score (nSPS) is 19.3. The molecule has 0 fully saturated rings. The third kappa shape index (κ3) is 2.44. The second-order valence-corrected chi connectivity index (χ2v) is 5.16. The van der Waals surface area contributed by atoms with E-state index in [9.17, 15) is 0 Å². The lowest BCUT2D eigenvalue weighted by Crippen LogP contribution is -2.57. The van der Waals surface area contributed by atoms with Crippen molar-refractivity contribution < 1.29 is 4.74 Å². The molecule has 0 saturated carbocycles. The third-order valence-electron chi connectivity index (χ3n) is 4.25. The van der Waals surface area contributed by atoms with E-state index in [0.29, 0.717) is 13.2 Å². The van der Waals surface area contributed by atoms with Crippen LogP contribution in [0, 0.1) is 0 Å². The fourth-order valence-electron chi connectivity index (χ4n) is 2.92. The zero-order valence-electron chi connectivity index (χ0n) is 11.5. The van der Waals surface area contributed by atoms with Gasteiger partial charge < -0.3 is 10.5 Å². The Morgan fingerprint density at radius 1 is 1.33 bits per heavy atom. The molecule has 3 heteroatoms. The number of rotatable bonds is 5.